The Bertz CT molecular complexity index is 978. The number of esters is 1. The van der Waals surface area contributed by atoms with E-state index >= 15 is 0 Å². The molecule has 0 heterocycles. The van der Waals surface area contributed by atoms with Crippen LogP contribution in [0.15, 0.2) is 48.6 Å². The van der Waals surface area contributed by atoms with Crippen molar-refractivity contribution in [2.24, 2.45) is 17.8 Å². The summed E-state index contributed by atoms with van der Waals surface area (Å²) in [6.07, 6.45) is 14.7. The Labute approximate surface area is 200 Å². The van der Waals surface area contributed by atoms with Crippen LogP contribution in [0.1, 0.15) is 80.1 Å². The van der Waals surface area contributed by atoms with Gasteiger partial charge in [0.05, 0.1) is 5.56 Å². The highest BCUT2D eigenvalue weighted by Crippen LogP contribution is 2.48. The van der Waals surface area contributed by atoms with Gasteiger partial charge in [0.1, 0.15) is 22.4 Å². The average Bonchev–Trinajstić information content (AvgIpc) is 2.82. The van der Waals surface area contributed by atoms with Crippen LogP contribution < -0.4 is 4.74 Å². The molecule has 176 valence electrons. The highest BCUT2D eigenvalue weighted by molar-refractivity contribution is 6.30. The molecule has 2 nitrogen and oxygen atoms in total. The second kappa shape index (κ2) is 10.8. The molecule has 0 aliphatic heterocycles. The fraction of sp³-hybridized carbons (Fsp3) is 0.464. The lowest BCUT2D eigenvalue weighted by molar-refractivity contribution is 0.0734. The van der Waals surface area contributed by atoms with E-state index in [9.17, 15) is 13.6 Å². The maximum Gasteiger partial charge on any atom is 0.343 e. The van der Waals surface area contributed by atoms with Gasteiger partial charge in [-0.1, -0.05) is 42.3 Å². The van der Waals surface area contributed by atoms with Crippen LogP contribution in [-0.2, 0) is 0 Å². The summed E-state index contributed by atoms with van der Waals surface area (Å²) in [6, 6.07) is 9.28. The van der Waals surface area contributed by atoms with Crippen molar-refractivity contribution in [2.75, 3.05) is 0 Å². The van der Waals surface area contributed by atoms with Gasteiger partial charge in [-0.25, -0.2) is 13.6 Å². The number of allylic oxidation sites excluding steroid dienone is 2. The number of ether oxygens (including phenoxy) is 1. The maximum absolute atomic E-state index is 13.6. The van der Waals surface area contributed by atoms with Crippen molar-refractivity contribution in [3.63, 3.8) is 0 Å². The summed E-state index contributed by atoms with van der Waals surface area (Å²) in [6.45, 7) is 2.09. The van der Waals surface area contributed by atoms with E-state index in [2.05, 4.69) is 19.1 Å². The van der Waals surface area contributed by atoms with Crippen LogP contribution >= 0.6 is 11.6 Å². The van der Waals surface area contributed by atoms with E-state index in [4.69, 9.17) is 16.3 Å². The Kier molecular flexibility index (Phi) is 7.85. The number of fused-ring (bicyclic) bond motifs is 1. The first-order valence-corrected chi connectivity index (χ1v) is 12.4. The van der Waals surface area contributed by atoms with Gasteiger partial charge in [-0.15, -0.1) is 0 Å². The summed E-state index contributed by atoms with van der Waals surface area (Å²) in [5.41, 5.74) is 1.61. The van der Waals surface area contributed by atoms with Gasteiger partial charge in [0, 0.05) is 12.1 Å². The molecule has 0 radical (unpaired) electrons. The molecule has 2 fully saturated rings. The quantitative estimate of drug-likeness (QED) is 0.182. The van der Waals surface area contributed by atoms with E-state index in [-0.39, 0.29) is 5.75 Å². The number of carbonyl (C=O) groups is 1. The van der Waals surface area contributed by atoms with Gasteiger partial charge in [0.15, 0.2) is 0 Å². The molecule has 4 rings (SSSR count). The molecule has 4 atom stereocenters. The summed E-state index contributed by atoms with van der Waals surface area (Å²) in [7, 11) is 0. The van der Waals surface area contributed by atoms with Crippen LogP contribution in [0.2, 0.25) is 5.02 Å². The van der Waals surface area contributed by atoms with Crippen LogP contribution in [0, 0.1) is 29.4 Å². The highest BCUT2D eigenvalue weighted by atomic mass is 35.5. The Morgan fingerprint density at radius 2 is 1.70 bits per heavy atom. The third-order valence-electron chi connectivity index (χ3n) is 7.48. The average molecular weight is 473 g/mol. The number of halogens is 3. The topological polar surface area (TPSA) is 26.3 Å². The molecule has 2 saturated carbocycles. The van der Waals surface area contributed by atoms with E-state index in [0.29, 0.717) is 11.5 Å². The Hall–Kier alpha value is -2.20. The van der Waals surface area contributed by atoms with Crippen molar-refractivity contribution >= 4 is 17.6 Å². The Balaban J connectivity index is 1.33. The summed E-state index contributed by atoms with van der Waals surface area (Å²) in [4.78, 5) is 12.4. The van der Waals surface area contributed by atoms with Gasteiger partial charge in [-0.3, -0.25) is 0 Å². The van der Waals surface area contributed by atoms with Gasteiger partial charge in [-0.2, -0.15) is 0 Å². The molecular weight excluding hydrogens is 442 g/mol. The zero-order valence-corrected chi connectivity index (χ0v) is 19.8. The lowest BCUT2D eigenvalue weighted by Crippen LogP contribution is -2.30. The minimum Gasteiger partial charge on any atom is -0.423 e. The van der Waals surface area contributed by atoms with Crippen LogP contribution in [0.25, 0.3) is 0 Å². The molecule has 0 N–H and O–H groups in total. The van der Waals surface area contributed by atoms with Gasteiger partial charge < -0.3 is 4.74 Å². The number of hydrogen-bond donors (Lipinski definition) is 0. The van der Waals surface area contributed by atoms with Crippen molar-refractivity contribution in [1.82, 2.24) is 0 Å². The SMILES string of the molecule is C/C=C/CCC1CCC2CC(c3ccc(C(=O)Oc4cc(F)c(Cl)c(F)c4)cc3)CCC2C1. The molecule has 5 heteroatoms. The molecule has 0 spiro atoms. The molecule has 0 aromatic heterocycles. The second-order valence-corrected chi connectivity index (χ2v) is 9.95. The lowest BCUT2D eigenvalue weighted by Gasteiger charge is -2.42. The fourth-order valence-electron chi connectivity index (χ4n) is 5.70. The summed E-state index contributed by atoms with van der Waals surface area (Å²) < 4.78 is 32.3. The van der Waals surface area contributed by atoms with Gasteiger partial charge in [0.25, 0.3) is 0 Å². The largest absolute Gasteiger partial charge is 0.423 e. The normalized spacial score (nSPS) is 25.1. The summed E-state index contributed by atoms with van der Waals surface area (Å²) in [5, 5.41) is -0.615. The van der Waals surface area contributed by atoms with E-state index in [1.165, 1.54) is 56.9 Å². The first-order chi connectivity index (χ1) is 15.9. The zero-order valence-electron chi connectivity index (χ0n) is 19.0. The third kappa shape index (κ3) is 5.84. The predicted octanol–water partition coefficient (Wildman–Crippen LogP) is 8.49. The molecule has 2 aliphatic carbocycles. The van der Waals surface area contributed by atoms with E-state index in [0.717, 1.165) is 29.9 Å². The van der Waals surface area contributed by atoms with Crippen molar-refractivity contribution in [2.45, 2.75) is 64.2 Å². The Morgan fingerprint density at radius 3 is 2.39 bits per heavy atom. The summed E-state index contributed by atoms with van der Waals surface area (Å²) in [5.74, 6) is 0.295. The number of hydrogen-bond acceptors (Lipinski definition) is 2. The standard InChI is InChI=1S/C28H31ClF2O2/c1-2-3-4-5-18-6-7-23-15-22(13-12-21(23)14-18)19-8-10-20(11-9-19)28(32)33-24-16-25(30)27(29)26(31)17-24/h2-3,8-11,16-18,21-23H,4-7,12-15H2,1H3/b3-2+. The molecule has 4 unspecified atom stereocenters. The van der Waals surface area contributed by atoms with Crippen molar-refractivity contribution in [1.29, 1.82) is 0 Å². The number of rotatable bonds is 6. The van der Waals surface area contributed by atoms with E-state index < -0.39 is 22.6 Å². The molecule has 33 heavy (non-hydrogen) atoms. The fourth-order valence-corrected chi connectivity index (χ4v) is 5.81. The smallest absolute Gasteiger partial charge is 0.343 e. The van der Waals surface area contributed by atoms with E-state index in [1.54, 1.807) is 12.1 Å². The van der Waals surface area contributed by atoms with E-state index in [1.807, 2.05) is 12.1 Å². The van der Waals surface area contributed by atoms with Crippen molar-refractivity contribution < 1.29 is 18.3 Å². The molecule has 2 aromatic rings. The van der Waals surface area contributed by atoms with Crippen LogP contribution in [-0.4, -0.2) is 5.97 Å². The van der Waals surface area contributed by atoms with Gasteiger partial charge in [-0.05, 0) is 93.2 Å². The maximum atomic E-state index is 13.6. The monoisotopic (exact) mass is 472 g/mol. The van der Waals surface area contributed by atoms with Crippen molar-refractivity contribution in [3.8, 4) is 5.75 Å². The first kappa shape index (κ1) is 23.9. The predicted molar refractivity (Wildman–Crippen MR) is 128 cm³/mol. The molecule has 2 aliphatic rings. The molecular formula is C28H31ClF2O2. The van der Waals surface area contributed by atoms with Crippen LogP contribution in [0.5, 0.6) is 5.75 Å². The first-order valence-electron chi connectivity index (χ1n) is 12.0. The minimum atomic E-state index is -0.961. The third-order valence-corrected chi connectivity index (χ3v) is 7.85. The van der Waals surface area contributed by atoms with Crippen LogP contribution in [0.4, 0.5) is 8.78 Å². The second-order valence-electron chi connectivity index (χ2n) is 9.57. The lowest BCUT2D eigenvalue weighted by atomic mass is 9.63. The molecule has 0 bridgehead atoms. The molecule has 0 amide bonds. The Morgan fingerprint density at radius 1 is 1.03 bits per heavy atom. The summed E-state index contributed by atoms with van der Waals surface area (Å²) >= 11 is 5.48. The van der Waals surface area contributed by atoms with Crippen LogP contribution in [0.3, 0.4) is 0 Å². The number of benzene rings is 2. The molecule has 2 aromatic carbocycles. The van der Waals surface area contributed by atoms with Gasteiger partial charge in [0.2, 0.25) is 0 Å². The zero-order chi connectivity index (χ0) is 23.4. The minimum absolute atomic E-state index is 0.205. The number of carbonyl (C=O) groups excluding carboxylic acids is 1. The van der Waals surface area contributed by atoms with Gasteiger partial charge >= 0.3 is 5.97 Å². The van der Waals surface area contributed by atoms with Crippen molar-refractivity contribution in [3.05, 3.63) is 76.3 Å². The highest BCUT2D eigenvalue weighted by Gasteiger charge is 2.35. The molecule has 0 saturated heterocycles.